The highest BCUT2D eigenvalue weighted by Crippen LogP contribution is 2.29. The Morgan fingerprint density at radius 1 is 1.50 bits per heavy atom. The van der Waals surface area contributed by atoms with Crippen LogP contribution in [-0.4, -0.2) is 29.1 Å². The topological polar surface area (TPSA) is 72.4 Å². The molecule has 1 aliphatic heterocycles. The Kier molecular flexibility index (Phi) is 3.28. The highest BCUT2D eigenvalue weighted by molar-refractivity contribution is 5.92. The van der Waals surface area contributed by atoms with Crippen LogP contribution in [0.4, 0.5) is 0 Å². The maximum atomic E-state index is 12.5. The molecule has 2 N–H and O–H groups in total. The second-order valence-corrected chi connectivity index (χ2v) is 5.02. The molecule has 1 aromatic carbocycles. The van der Waals surface area contributed by atoms with E-state index in [1.807, 2.05) is 18.2 Å². The third-order valence-electron chi connectivity index (χ3n) is 3.74. The molecule has 1 amide bonds. The predicted molar refractivity (Wildman–Crippen MR) is 74.2 cm³/mol. The van der Waals surface area contributed by atoms with Crippen molar-refractivity contribution in [2.45, 2.75) is 19.4 Å². The largest absolute Gasteiger partial charge is 0.361 e. The average Bonchev–Trinajstić information content (AvgIpc) is 2.91. The van der Waals surface area contributed by atoms with Crippen molar-refractivity contribution in [3.8, 4) is 0 Å². The molecule has 2 aromatic rings. The molecule has 1 unspecified atom stereocenters. The summed E-state index contributed by atoms with van der Waals surface area (Å²) in [6, 6.07) is 9.71. The first kappa shape index (κ1) is 12.9. The molecule has 0 saturated carbocycles. The van der Waals surface area contributed by atoms with Crippen LogP contribution in [0.25, 0.3) is 0 Å². The maximum absolute atomic E-state index is 12.5. The van der Waals surface area contributed by atoms with Crippen molar-refractivity contribution in [2.75, 3.05) is 13.1 Å². The van der Waals surface area contributed by atoms with Crippen LogP contribution in [0.1, 0.15) is 33.4 Å². The fourth-order valence-electron chi connectivity index (χ4n) is 2.76. The van der Waals surface area contributed by atoms with E-state index in [0.717, 1.165) is 12.0 Å². The van der Waals surface area contributed by atoms with Crippen molar-refractivity contribution >= 4 is 5.91 Å². The number of nitrogens with two attached hydrogens (primary N) is 1. The van der Waals surface area contributed by atoms with E-state index in [9.17, 15) is 4.79 Å². The number of fused-ring (bicyclic) bond motifs is 1. The van der Waals surface area contributed by atoms with Crippen LogP contribution in [0.15, 0.2) is 34.9 Å². The Hall–Kier alpha value is -2.14. The lowest BCUT2D eigenvalue weighted by Gasteiger charge is -2.36. The molecule has 0 spiro atoms. The van der Waals surface area contributed by atoms with E-state index in [1.165, 1.54) is 5.56 Å². The maximum Gasteiger partial charge on any atom is 0.276 e. The normalized spacial score (nSPS) is 17.9. The van der Waals surface area contributed by atoms with E-state index in [-0.39, 0.29) is 11.9 Å². The van der Waals surface area contributed by atoms with Gasteiger partial charge in [-0.15, -0.1) is 0 Å². The molecule has 0 fully saturated rings. The van der Waals surface area contributed by atoms with Gasteiger partial charge in [0.25, 0.3) is 5.91 Å². The van der Waals surface area contributed by atoms with Crippen LogP contribution in [0.3, 0.4) is 0 Å². The third kappa shape index (κ3) is 2.10. The molecule has 5 nitrogen and oxygen atoms in total. The van der Waals surface area contributed by atoms with Crippen molar-refractivity contribution in [3.05, 3.63) is 52.9 Å². The highest BCUT2D eigenvalue weighted by Gasteiger charge is 2.31. The predicted octanol–water partition coefficient (Wildman–Crippen LogP) is 1.68. The Balaban J connectivity index is 1.93. The van der Waals surface area contributed by atoms with Gasteiger partial charge in [0.2, 0.25) is 0 Å². The fourth-order valence-corrected chi connectivity index (χ4v) is 2.76. The Morgan fingerprint density at radius 3 is 3.00 bits per heavy atom. The Labute approximate surface area is 117 Å². The van der Waals surface area contributed by atoms with Crippen LogP contribution in [0.5, 0.6) is 0 Å². The molecule has 1 aromatic heterocycles. The van der Waals surface area contributed by atoms with E-state index in [4.69, 9.17) is 10.3 Å². The lowest BCUT2D eigenvalue weighted by atomic mass is 9.92. The number of nitrogens with zero attached hydrogens (tertiary/aromatic N) is 2. The van der Waals surface area contributed by atoms with Crippen LogP contribution in [-0.2, 0) is 6.42 Å². The number of carbonyl (C=O) groups is 1. The SMILES string of the molecule is Cc1cc(C(=O)N2CCc3ccccc3C2CN)no1. The van der Waals surface area contributed by atoms with Crippen LogP contribution in [0.2, 0.25) is 0 Å². The van der Waals surface area contributed by atoms with Crippen molar-refractivity contribution in [1.29, 1.82) is 0 Å². The van der Waals surface area contributed by atoms with Crippen molar-refractivity contribution in [3.63, 3.8) is 0 Å². The van der Waals surface area contributed by atoms with Gasteiger partial charge in [0.1, 0.15) is 5.76 Å². The second-order valence-electron chi connectivity index (χ2n) is 5.02. The summed E-state index contributed by atoms with van der Waals surface area (Å²) in [5.41, 5.74) is 8.64. The first-order valence-electron chi connectivity index (χ1n) is 6.73. The summed E-state index contributed by atoms with van der Waals surface area (Å²) in [6.45, 7) is 2.83. The van der Waals surface area contributed by atoms with Gasteiger partial charge in [-0.1, -0.05) is 29.4 Å². The lowest BCUT2D eigenvalue weighted by molar-refractivity contribution is 0.0657. The Morgan fingerprint density at radius 2 is 2.30 bits per heavy atom. The van der Waals surface area contributed by atoms with Gasteiger partial charge < -0.3 is 15.2 Å². The average molecular weight is 271 g/mol. The molecular formula is C15H17N3O2. The number of aromatic nitrogens is 1. The minimum absolute atomic E-state index is 0.0931. The van der Waals surface area contributed by atoms with E-state index in [1.54, 1.807) is 17.9 Å². The second kappa shape index (κ2) is 5.09. The van der Waals surface area contributed by atoms with Crippen molar-refractivity contribution in [1.82, 2.24) is 10.1 Å². The molecular weight excluding hydrogens is 254 g/mol. The van der Waals surface area contributed by atoms with Gasteiger partial charge in [-0.25, -0.2) is 0 Å². The molecule has 0 bridgehead atoms. The number of amides is 1. The number of aryl methyl sites for hydroxylation is 1. The molecule has 0 saturated heterocycles. The standard InChI is InChI=1S/C15H17N3O2/c1-10-8-13(17-20-10)15(19)18-7-6-11-4-2-3-5-12(11)14(18)9-16/h2-5,8,14H,6-7,9,16H2,1H3. The monoisotopic (exact) mass is 271 g/mol. The number of carbonyl (C=O) groups excluding carboxylic acids is 1. The first-order chi connectivity index (χ1) is 9.70. The van der Waals surface area contributed by atoms with Crippen LogP contribution >= 0.6 is 0 Å². The zero-order chi connectivity index (χ0) is 14.1. The summed E-state index contributed by atoms with van der Waals surface area (Å²) >= 11 is 0. The highest BCUT2D eigenvalue weighted by atomic mass is 16.5. The first-order valence-corrected chi connectivity index (χ1v) is 6.73. The summed E-state index contributed by atoms with van der Waals surface area (Å²) in [7, 11) is 0. The molecule has 1 aliphatic rings. The van der Waals surface area contributed by atoms with E-state index in [2.05, 4.69) is 11.2 Å². The molecule has 0 radical (unpaired) electrons. The van der Waals surface area contributed by atoms with Crippen molar-refractivity contribution < 1.29 is 9.32 Å². The van der Waals surface area contributed by atoms with Gasteiger partial charge in [0.15, 0.2) is 5.69 Å². The van der Waals surface area contributed by atoms with Gasteiger partial charge in [-0.3, -0.25) is 4.79 Å². The zero-order valence-corrected chi connectivity index (χ0v) is 11.4. The molecule has 3 rings (SSSR count). The van der Waals surface area contributed by atoms with E-state index < -0.39 is 0 Å². The third-order valence-corrected chi connectivity index (χ3v) is 3.74. The van der Waals surface area contributed by atoms with E-state index in [0.29, 0.717) is 24.5 Å². The quantitative estimate of drug-likeness (QED) is 0.902. The number of rotatable bonds is 2. The molecule has 2 heterocycles. The van der Waals surface area contributed by atoms with Gasteiger partial charge in [0, 0.05) is 19.2 Å². The summed E-state index contributed by atoms with van der Waals surface area (Å²) in [5.74, 6) is 0.516. The molecule has 104 valence electrons. The number of benzene rings is 1. The molecule has 0 aliphatic carbocycles. The summed E-state index contributed by atoms with van der Waals surface area (Å²) < 4.78 is 4.99. The number of hydrogen-bond acceptors (Lipinski definition) is 4. The van der Waals surface area contributed by atoms with Gasteiger partial charge in [0.05, 0.1) is 6.04 Å². The van der Waals surface area contributed by atoms with Gasteiger partial charge in [-0.2, -0.15) is 0 Å². The minimum Gasteiger partial charge on any atom is -0.361 e. The van der Waals surface area contributed by atoms with Gasteiger partial charge >= 0.3 is 0 Å². The summed E-state index contributed by atoms with van der Waals surface area (Å²) in [5, 5.41) is 3.81. The summed E-state index contributed by atoms with van der Waals surface area (Å²) in [6.07, 6.45) is 0.843. The minimum atomic E-state index is -0.119. The van der Waals surface area contributed by atoms with Gasteiger partial charge in [-0.05, 0) is 24.5 Å². The zero-order valence-electron chi connectivity index (χ0n) is 11.4. The van der Waals surface area contributed by atoms with Crippen LogP contribution in [0, 0.1) is 6.92 Å². The Bertz CT molecular complexity index is 636. The fraction of sp³-hybridized carbons (Fsp3) is 0.333. The molecule has 20 heavy (non-hydrogen) atoms. The van der Waals surface area contributed by atoms with Crippen molar-refractivity contribution in [2.24, 2.45) is 5.73 Å². The smallest absolute Gasteiger partial charge is 0.276 e. The molecule has 1 atom stereocenters. The summed E-state index contributed by atoms with van der Waals surface area (Å²) in [4.78, 5) is 14.3. The molecule has 5 heteroatoms. The van der Waals surface area contributed by atoms with Crippen LogP contribution < -0.4 is 5.73 Å². The number of hydrogen-bond donors (Lipinski definition) is 1. The van der Waals surface area contributed by atoms with E-state index >= 15 is 0 Å². The lowest BCUT2D eigenvalue weighted by Crippen LogP contribution is -2.43.